The summed E-state index contributed by atoms with van der Waals surface area (Å²) in [5.74, 6) is -0.00710. The van der Waals surface area contributed by atoms with E-state index in [1.807, 2.05) is 26.0 Å². The average Bonchev–Trinajstić information content (AvgIpc) is 2.55. The molecule has 1 N–H and O–H groups in total. The topological polar surface area (TPSA) is 58.6 Å². The van der Waals surface area contributed by atoms with Crippen LogP contribution in [-0.4, -0.2) is 25.5 Å². The van der Waals surface area contributed by atoms with Gasteiger partial charge in [0, 0.05) is 17.6 Å². The maximum absolute atomic E-state index is 12.4. The summed E-state index contributed by atoms with van der Waals surface area (Å²) in [5, 5.41) is 3.41. The van der Waals surface area contributed by atoms with Crippen molar-refractivity contribution in [2.24, 2.45) is 0 Å². The van der Waals surface area contributed by atoms with Gasteiger partial charge in [-0.1, -0.05) is 17.7 Å². The van der Waals surface area contributed by atoms with Crippen LogP contribution in [0.4, 0.5) is 11.4 Å². The van der Waals surface area contributed by atoms with E-state index >= 15 is 0 Å². The minimum absolute atomic E-state index is 0.114. The molecule has 0 radical (unpaired) electrons. The SMILES string of the molecule is COc1ccc(C)cc1N(CC(=O)Nc1ccc(Cl)cc1C)C(C)=O. The molecule has 0 aliphatic carbocycles. The van der Waals surface area contributed by atoms with Gasteiger partial charge in [0.15, 0.2) is 0 Å². The second kappa shape index (κ2) is 8.03. The van der Waals surface area contributed by atoms with Crippen molar-refractivity contribution in [3.8, 4) is 5.75 Å². The number of carbonyl (C=O) groups excluding carboxylic acids is 2. The Labute approximate surface area is 152 Å². The first-order valence-corrected chi connectivity index (χ1v) is 8.18. The van der Waals surface area contributed by atoms with Crippen molar-refractivity contribution in [2.45, 2.75) is 20.8 Å². The van der Waals surface area contributed by atoms with E-state index in [1.165, 1.54) is 18.9 Å². The number of methoxy groups -OCH3 is 1. The van der Waals surface area contributed by atoms with Crippen molar-refractivity contribution in [3.05, 3.63) is 52.5 Å². The van der Waals surface area contributed by atoms with Crippen LogP contribution in [0.5, 0.6) is 5.75 Å². The fourth-order valence-corrected chi connectivity index (χ4v) is 2.70. The summed E-state index contributed by atoms with van der Waals surface area (Å²) < 4.78 is 5.32. The molecule has 2 aromatic rings. The first kappa shape index (κ1) is 18.8. The molecule has 132 valence electrons. The van der Waals surface area contributed by atoms with Crippen molar-refractivity contribution in [1.82, 2.24) is 0 Å². The molecule has 25 heavy (non-hydrogen) atoms. The summed E-state index contributed by atoms with van der Waals surface area (Å²) in [4.78, 5) is 25.9. The number of aryl methyl sites for hydroxylation is 2. The van der Waals surface area contributed by atoms with E-state index in [2.05, 4.69) is 5.32 Å². The smallest absolute Gasteiger partial charge is 0.244 e. The summed E-state index contributed by atoms with van der Waals surface area (Å²) >= 11 is 5.93. The van der Waals surface area contributed by atoms with Crippen molar-refractivity contribution >= 4 is 34.8 Å². The molecule has 0 saturated carbocycles. The molecule has 0 spiro atoms. The van der Waals surface area contributed by atoms with E-state index in [4.69, 9.17) is 16.3 Å². The molecule has 0 heterocycles. The third-order valence-corrected chi connectivity index (χ3v) is 4.00. The number of halogens is 1. The number of hydrogen-bond donors (Lipinski definition) is 1. The summed E-state index contributed by atoms with van der Waals surface area (Å²) in [5.41, 5.74) is 3.05. The summed E-state index contributed by atoms with van der Waals surface area (Å²) in [7, 11) is 1.53. The van der Waals surface area contributed by atoms with Crippen molar-refractivity contribution in [2.75, 3.05) is 23.9 Å². The highest BCUT2D eigenvalue weighted by Gasteiger charge is 2.20. The minimum Gasteiger partial charge on any atom is -0.495 e. The first-order valence-electron chi connectivity index (χ1n) is 7.80. The predicted molar refractivity (Wildman–Crippen MR) is 101 cm³/mol. The Hall–Kier alpha value is -2.53. The van der Waals surface area contributed by atoms with Crippen LogP contribution in [0.3, 0.4) is 0 Å². The van der Waals surface area contributed by atoms with Crippen LogP contribution < -0.4 is 15.0 Å². The minimum atomic E-state index is -0.302. The number of nitrogens with one attached hydrogen (secondary N) is 1. The van der Waals surface area contributed by atoms with Crippen LogP contribution in [0, 0.1) is 13.8 Å². The third kappa shape index (κ3) is 4.73. The van der Waals surface area contributed by atoms with Crippen LogP contribution in [0.15, 0.2) is 36.4 Å². The maximum atomic E-state index is 12.4. The fourth-order valence-electron chi connectivity index (χ4n) is 2.48. The van der Waals surface area contributed by atoms with Gasteiger partial charge in [-0.05, 0) is 55.3 Å². The van der Waals surface area contributed by atoms with E-state index in [0.717, 1.165) is 11.1 Å². The van der Waals surface area contributed by atoms with Gasteiger partial charge in [0.1, 0.15) is 12.3 Å². The number of ether oxygens (including phenoxy) is 1. The standard InChI is InChI=1S/C19H21ClN2O3/c1-12-5-8-18(25-4)17(9-12)22(14(3)23)11-19(24)21-16-7-6-15(20)10-13(16)2/h5-10H,11H2,1-4H3,(H,21,24). The molecule has 2 amide bonds. The molecule has 0 unspecified atom stereocenters. The Bertz CT molecular complexity index is 805. The highest BCUT2D eigenvalue weighted by Crippen LogP contribution is 2.29. The number of amides is 2. The van der Waals surface area contributed by atoms with Gasteiger partial charge < -0.3 is 10.1 Å². The van der Waals surface area contributed by atoms with Crippen LogP contribution in [0.25, 0.3) is 0 Å². The zero-order valence-electron chi connectivity index (χ0n) is 14.7. The molecule has 5 nitrogen and oxygen atoms in total. The number of carbonyl (C=O) groups is 2. The lowest BCUT2D eigenvalue weighted by Gasteiger charge is -2.23. The van der Waals surface area contributed by atoms with Gasteiger partial charge >= 0.3 is 0 Å². The summed E-state index contributed by atoms with van der Waals surface area (Å²) in [6.45, 7) is 5.08. The molecule has 2 rings (SSSR count). The number of benzene rings is 2. The lowest BCUT2D eigenvalue weighted by atomic mass is 10.1. The maximum Gasteiger partial charge on any atom is 0.244 e. The molecule has 0 aromatic heterocycles. The summed E-state index contributed by atoms with van der Waals surface area (Å²) in [6, 6.07) is 10.7. The molecule has 0 bridgehead atoms. The van der Waals surface area contributed by atoms with Gasteiger partial charge in [0.2, 0.25) is 11.8 Å². The highest BCUT2D eigenvalue weighted by atomic mass is 35.5. The number of hydrogen-bond acceptors (Lipinski definition) is 3. The predicted octanol–water partition coefficient (Wildman–Crippen LogP) is 3.96. The Balaban J connectivity index is 2.23. The Kier molecular flexibility index (Phi) is 6.04. The summed E-state index contributed by atoms with van der Waals surface area (Å²) in [6.07, 6.45) is 0. The lowest BCUT2D eigenvalue weighted by Crippen LogP contribution is -2.37. The quantitative estimate of drug-likeness (QED) is 0.878. The van der Waals surface area contributed by atoms with Crippen LogP contribution >= 0.6 is 11.6 Å². The molecule has 0 aliphatic heterocycles. The average molecular weight is 361 g/mol. The van der Waals surface area contributed by atoms with Crippen LogP contribution in [-0.2, 0) is 9.59 Å². The first-order chi connectivity index (χ1) is 11.8. The van der Waals surface area contributed by atoms with E-state index in [9.17, 15) is 9.59 Å². The van der Waals surface area contributed by atoms with Crippen molar-refractivity contribution in [3.63, 3.8) is 0 Å². The monoisotopic (exact) mass is 360 g/mol. The molecule has 0 saturated heterocycles. The van der Waals surface area contributed by atoms with Gasteiger partial charge in [0.05, 0.1) is 12.8 Å². The van der Waals surface area contributed by atoms with Crippen molar-refractivity contribution in [1.29, 1.82) is 0 Å². The molecule has 0 fully saturated rings. The molecule has 6 heteroatoms. The second-order valence-corrected chi connectivity index (χ2v) is 6.22. The van der Waals surface area contributed by atoms with E-state index < -0.39 is 0 Å². The van der Waals surface area contributed by atoms with E-state index in [1.54, 1.807) is 24.3 Å². The van der Waals surface area contributed by atoms with E-state index in [-0.39, 0.29) is 18.4 Å². The van der Waals surface area contributed by atoms with Gasteiger partial charge in [-0.15, -0.1) is 0 Å². The largest absolute Gasteiger partial charge is 0.495 e. The highest BCUT2D eigenvalue weighted by molar-refractivity contribution is 6.30. The fraction of sp³-hybridized carbons (Fsp3) is 0.263. The molecular formula is C19H21ClN2O3. The molecular weight excluding hydrogens is 340 g/mol. The normalized spacial score (nSPS) is 10.3. The Morgan fingerprint density at radius 1 is 1.16 bits per heavy atom. The zero-order valence-corrected chi connectivity index (χ0v) is 15.5. The van der Waals surface area contributed by atoms with Gasteiger partial charge in [-0.3, -0.25) is 14.5 Å². The Morgan fingerprint density at radius 2 is 1.88 bits per heavy atom. The van der Waals surface area contributed by atoms with Crippen molar-refractivity contribution < 1.29 is 14.3 Å². The third-order valence-electron chi connectivity index (χ3n) is 3.77. The van der Waals surface area contributed by atoms with Gasteiger partial charge in [-0.2, -0.15) is 0 Å². The van der Waals surface area contributed by atoms with Crippen LogP contribution in [0.2, 0.25) is 5.02 Å². The number of nitrogens with zero attached hydrogens (tertiary/aromatic N) is 1. The lowest BCUT2D eigenvalue weighted by molar-refractivity contribution is -0.120. The Morgan fingerprint density at radius 3 is 2.48 bits per heavy atom. The molecule has 0 atom stereocenters. The molecule has 0 aliphatic rings. The second-order valence-electron chi connectivity index (χ2n) is 5.79. The number of rotatable bonds is 5. The van der Waals surface area contributed by atoms with Crippen LogP contribution in [0.1, 0.15) is 18.1 Å². The number of anilines is 2. The zero-order chi connectivity index (χ0) is 18.6. The molecule has 2 aromatic carbocycles. The van der Waals surface area contributed by atoms with Gasteiger partial charge in [-0.25, -0.2) is 0 Å². The van der Waals surface area contributed by atoms with Gasteiger partial charge in [0.25, 0.3) is 0 Å². The van der Waals surface area contributed by atoms with E-state index in [0.29, 0.717) is 22.1 Å².